The van der Waals surface area contributed by atoms with Crippen molar-refractivity contribution in [2.45, 2.75) is 26.4 Å². The minimum absolute atomic E-state index is 0.357. The summed E-state index contributed by atoms with van der Waals surface area (Å²) in [7, 11) is 0. The van der Waals surface area contributed by atoms with Gasteiger partial charge in [0.15, 0.2) is 5.60 Å². The summed E-state index contributed by atoms with van der Waals surface area (Å²) in [6.45, 7) is 5.29. The number of amides is 1. The average molecular weight is 208 g/mol. The van der Waals surface area contributed by atoms with Gasteiger partial charge in [-0.05, 0) is 38.5 Å². The summed E-state index contributed by atoms with van der Waals surface area (Å²) in [5.74, 6) is 5.36. The molecule has 0 saturated carbocycles. The van der Waals surface area contributed by atoms with Gasteiger partial charge < -0.3 is 4.74 Å². The zero-order valence-electron chi connectivity index (χ0n) is 9.20. The smallest absolute Gasteiger partial charge is 0.277 e. The molecule has 0 aliphatic rings. The van der Waals surface area contributed by atoms with Gasteiger partial charge in [-0.15, -0.1) is 0 Å². The van der Waals surface area contributed by atoms with Crippen molar-refractivity contribution in [2.24, 2.45) is 5.84 Å². The molecule has 0 saturated heterocycles. The van der Waals surface area contributed by atoms with Gasteiger partial charge in [-0.2, -0.15) is 0 Å². The molecule has 82 valence electrons. The number of benzene rings is 1. The molecule has 0 atom stereocenters. The molecule has 0 unspecified atom stereocenters. The van der Waals surface area contributed by atoms with Crippen LogP contribution in [-0.2, 0) is 4.79 Å². The van der Waals surface area contributed by atoms with Gasteiger partial charge in [0, 0.05) is 0 Å². The van der Waals surface area contributed by atoms with Gasteiger partial charge in [0.1, 0.15) is 5.75 Å². The summed E-state index contributed by atoms with van der Waals surface area (Å²) >= 11 is 0. The molecule has 1 aromatic carbocycles. The van der Waals surface area contributed by atoms with Crippen LogP contribution in [0.3, 0.4) is 0 Å². The Hall–Kier alpha value is -1.55. The Morgan fingerprint density at radius 3 is 2.67 bits per heavy atom. The summed E-state index contributed by atoms with van der Waals surface area (Å²) in [6.07, 6.45) is 0. The maximum Gasteiger partial charge on any atom is 0.277 e. The summed E-state index contributed by atoms with van der Waals surface area (Å²) in [5, 5.41) is 0. The second-order valence-electron chi connectivity index (χ2n) is 3.90. The van der Waals surface area contributed by atoms with Crippen LogP contribution in [0.4, 0.5) is 0 Å². The van der Waals surface area contributed by atoms with Crippen molar-refractivity contribution in [3.05, 3.63) is 29.8 Å². The molecule has 3 N–H and O–H groups in total. The Morgan fingerprint density at radius 1 is 1.47 bits per heavy atom. The van der Waals surface area contributed by atoms with E-state index in [9.17, 15) is 4.79 Å². The van der Waals surface area contributed by atoms with Crippen molar-refractivity contribution < 1.29 is 9.53 Å². The number of hydrogen-bond donors (Lipinski definition) is 2. The molecule has 15 heavy (non-hydrogen) atoms. The molecule has 1 rings (SSSR count). The van der Waals surface area contributed by atoms with Gasteiger partial charge in [-0.1, -0.05) is 12.1 Å². The predicted molar refractivity (Wildman–Crippen MR) is 58.2 cm³/mol. The highest BCUT2D eigenvalue weighted by Crippen LogP contribution is 2.19. The van der Waals surface area contributed by atoms with Crippen LogP contribution in [-0.4, -0.2) is 11.5 Å². The van der Waals surface area contributed by atoms with E-state index in [0.29, 0.717) is 5.75 Å². The van der Waals surface area contributed by atoms with E-state index in [-0.39, 0.29) is 5.91 Å². The van der Waals surface area contributed by atoms with E-state index < -0.39 is 5.60 Å². The Labute approximate surface area is 89.4 Å². The van der Waals surface area contributed by atoms with Crippen LogP contribution in [0.25, 0.3) is 0 Å². The predicted octanol–water partition coefficient (Wildman–Crippen LogP) is 1.14. The van der Waals surface area contributed by atoms with Crippen molar-refractivity contribution in [1.29, 1.82) is 0 Å². The highest BCUT2D eigenvalue weighted by Gasteiger charge is 2.29. The van der Waals surface area contributed by atoms with E-state index in [0.717, 1.165) is 5.56 Å². The van der Waals surface area contributed by atoms with E-state index in [4.69, 9.17) is 10.6 Å². The van der Waals surface area contributed by atoms with Crippen LogP contribution in [0.1, 0.15) is 19.4 Å². The van der Waals surface area contributed by atoms with Crippen molar-refractivity contribution >= 4 is 5.91 Å². The molecule has 0 heterocycles. The first-order valence-electron chi connectivity index (χ1n) is 4.72. The third kappa shape index (κ3) is 2.95. The molecule has 1 aromatic rings. The summed E-state index contributed by atoms with van der Waals surface area (Å²) in [4.78, 5) is 11.4. The fraction of sp³-hybridized carbons (Fsp3) is 0.364. The number of hydrazine groups is 1. The largest absolute Gasteiger partial charge is 0.478 e. The summed E-state index contributed by atoms with van der Waals surface area (Å²) in [5.41, 5.74) is 2.19. The third-order valence-electron chi connectivity index (χ3n) is 2.04. The second kappa shape index (κ2) is 4.31. The first kappa shape index (κ1) is 11.5. The van der Waals surface area contributed by atoms with Crippen LogP contribution < -0.4 is 16.0 Å². The molecule has 4 heteroatoms. The van der Waals surface area contributed by atoms with E-state index in [2.05, 4.69) is 5.43 Å². The van der Waals surface area contributed by atoms with Crippen LogP contribution in [0.15, 0.2) is 24.3 Å². The quantitative estimate of drug-likeness (QED) is 0.445. The van der Waals surface area contributed by atoms with Gasteiger partial charge in [-0.25, -0.2) is 5.84 Å². The van der Waals surface area contributed by atoms with E-state index in [1.165, 1.54) is 0 Å². The third-order valence-corrected chi connectivity index (χ3v) is 2.04. The molecule has 0 radical (unpaired) electrons. The molecular weight excluding hydrogens is 192 g/mol. The molecular formula is C11H16N2O2. The number of carbonyl (C=O) groups excluding carboxylic acids is 1. The van der Waals surface area contributed by atoms with E-state index >= 15 is 0 Å². The zero-order valence-corrected chi connectivity index (χ0v) is 9.20. The number of ether oxygens (including phenoxy) is 1. The molecule has 0 aliphatic heterocycles. The Bertz CT molecular complexity index is 361. The highest BCUT2D eigenvalue weighted by atomic mass is 16.5. The standard InChI is InChI=1S/C11H16N2O2/c1-8-5-4-6-9(7-8)15-11(2,3)10(14)13-12/h4-7H,12H2,1-3H3,(H,13,14). The van der Waals surface area contributed by atoms with Gasteiger partial charge in [0.2, 0.25) is 0 Å². The van der Waals surface area contributed by atoms with Crippen molar-refractivity contribution in [3.63, 3.8) is 0 Å². The lowest BCUT2D eigenvalue weighted by Gasteiger charge is -2.24. The van der Waals surface area contributed by atoms with Gasteiger partial charge in [-0.3, -0.25) is 10.2 Å². The van der Waals surface area contributed by atoms with Gasteiger partial charge >= 0.3 is 0 Å². The van der Waals surface area contributed by atoms with E-state index in [1.807, 2.05) is 25.1 Å². The first-order valence-corrected chi connectivity index (χ1v) is 4.72. The summed E-state index contributed by atoms with van der Waals surface area (Å²) in [6, 6.07) is 7.51. The fourth-order valence-corrected chi connectivity index (χ4v) is 1.19. The molecule has 1 amide bonds. The van der Waals surface area contributed by atoms with E-state index in [1.54, 1.807) is 19.9 Å². The zero-order chi connectivity index (χ0) is 11.5. The van der Waals surface area contributed by atoms with Crippen LogP contribution in [0.5, 0.6) is 5.75 Å². The fourth-order valence-electron chi connectivity index (χ4n) is 1.19. The molecule has 0 spiro atoms. The minimum atomic E-state index is -0.970. The minimum Gasteiger partial charge on any atom is -0.478 e. The number of nitrogens with one attached hydrogen (secondary N) is 1. The van der Waals surface area contributed by atoms with Crippen LogP contribution >= 0.6 is 0 Å². The molecule has 0 bridgehead atoms. The molecule has 0 fully saturated rings. The number of hydrogen-bond acceptors (Lipinski definition) is 3. The van der Waals surface area contributed by atoms with Crippen molar-refractivity contribution in [1.82, 2.24) is 5.43 Å². The van der Waals surface area contributed by atoms with Crippen LogP contribution in [0, 0.1) is 6.92 Å². The highest BCUT2D eigenvalue weighted by molar-refractivity contribution is 5.84. The van der Waals surface area contributed by atoms with Crippen LogP contribution in [0.2, 0.25) is 0 Å². The number of rotatable bonds is 3. The molecule has 4 nitrogen and oxygen atoms in total. The number of nitrogens with two attached hydrogens (primary N) is 1. The average Bonchev–Trinajstić information content (AvgIpc) is 2.15. The van der Waals surface area contributed by atoms with Crippen molar-refractivity contribution in [2.75, 3.05) is 0 Å². The maximum absolute atomic E-state index is 11.4. The lowest BCUT2D eigenvalue weighted by Crippen LogP contribution is -2.49. The first-order chi connectivity index (χ1) is 6.95. The lowest BCUT2D eigenvalue weighted by molar-refractivity contribution is -0.134. The lowest BCUT2D eigenvalue weighted by atomic mass is 10.1. The Morgan fingerprint density at radius 2 is 2.13 bits per heavy atom. The Balaban J connectivity index is 2.81. The second-order valence-corrected chi connectivity index (χ2v) is 3.90. The maximum atomic E-state index is 11.4. The van der Waals surface area contributed by atoms with Gasteiger partial charge in [0.05, 0.1) is 0 Å². The van der Waals surface area contributed by atoms with Gasteiger partial charge in [0.25, 0.3) is 5.91 Å². The number of aryl methyl sites for hydroxylation is 1. The Kier molecular flexibility index (Phi) is 3.31. The molecule has 0 aliphatic carbocycles. The topological polar surface area (TPSA) is 64.3 Å². The monoisotopic (exact) mass is 208 g/mol. The van der Waals surface area contributed by atoms with Crippen molar-refractivity contribution in [3.8, 4) is 5.75 Å². The normalized spacial score (nSPS) is 10.9. The summed E-state index contributed by atoms with van der Waals surface area (Å²) < 4.78 is 5.54. The number of carbonyl (C=O) groups is 1. The SMILES string of the molecule is Cc1cccc(OC(C)(C)C(=O)NN)c1. The molecule has 0 aromatic heterocycles.